The molecule has 3 heterocycles. The van der Waals surface area contributed by atoms with Crippen molar-refractivity contribution in [2.75, 3.05) is 11.9 Å². The predicted molar refractivity (Wildman–Crippen MR) is 164 cm³/mol. The molecular weight excluding hydrogens is 621 g/mol. The number of fused-ring (bicyclic) bond motifs is 3. The van der Waals surface area contributed by atoms with Gasteiger partial charge in [-0.15, -0.1) is 0 Å². The van der Waals surface area contributed by atoms with Crippen LogP contribution in [0.1, 0.15) is 35.9 Å². The Kier molecular flexibility index (Phi) is 6.71. The SMILES string of the molecule is O=c1[nH]c(N[C@H]2c3c(cc4ccc5cccc6ccc3c4c56)[C@@H](O)[C@H](O)[C@H]2O)nc2c1ncn2C1CC(OP(=O)(O)O)C(CO)O1. The van der Waals surface area contributed by atoms with Gasteiger partial charge < -0.3 is 40.3 Å². The number of phosphoric ester groups is 1. The zero-order valence-electron chi connectivity index (χ0n) is 23.8. The van der Waals surface area contributed by atoms with E-state index in [-0.39, 0.29) is 23.5 Å². The van der Waals surface area contributed by atoms with Crippen molar-refractivity contribution < 1.29 is 44.0 Å². The minimum absolute atomic E-state index is 0.0475. The van der Waals surface area contributed by atoms with E-state index in [4.69, 9.17) is 9.26 Å². The summed E-state index contributed by atoms with van der Waals surface area (Å²) in [6.45, 7) is -0.579. The molecule has 1 fully saturated rings. The second-order valence-electron chi connectivity index (χ2n) is 11.7. The van der Waals surface area contributed by atoms with E-state index < -0.39 is 62.8 Å². The first-order valence-electron chi connectivity index (χ1n) is 14.5. The molecule has 16 heteroatoms. The normalized spacial score (nSPS) is 26.9. The van der Waals surface area contributed by atoms with E-state index in [9.17, 15) is 39.6 Å². The van der Waals surface area contributed by atoms with Gasteiger partial charge in [0.15, 0.2) is 11.2 Å². The first-order valence-corrected chi connectivity index (χ1v) is 16.0. The molecule has 15 nitrogen and oxygen atoms in total. The van der Waals surface area contributed by atoms with Crippen molar-refractivity contribution in [1.29, 1.82) is 0 Å². The van der Waals surface area contributed by atoms with E-state index in [1.54, 1.807) is 6.07 Å². The molecule has 1 saturated heterocycles. The van der Waals surface area contributed by atoms with Gasteiger partial charge in [0, 0.05) is 6.42 Å². The number of aromatic amines is 1. The number of aliphatic hydroxyl groups is 4. The van der Waals surface area contributed by atoms with Crippen LogP contribution in [0.3, 0.4) is 0 Å². The number of rotatable bonds is 6. The lowest BCUT2D eigenvalue weighted by Crippen LogP contribution is -2.44. The van der Waals surface area contributed by atoms with Crippen LogP contribution in [0.4, 0.5) is 5.95 Å². The predicted octanol–water partition coefficient (Wildman–Crippen LogP) is 1.70. The quantitative estimate of drug-likeness (QED) is 0.0949. The molecule has 0 saturated carbocycles. The smallest absolute Gasteiger partial charge is 0.394 e. The highest BCUT2D eigenvalue weighted by atomic mass is 31.2. The summed E-state index contributed by atoms with van der Waals surface area (Å²) >= 11 is 0. The monoisotopic (exact) mass is 649 g/mol. The van der Waals surface area contributed by atoms with Crippen LogP contribution >= 0.6 is 7.82 Å². The molecule has 238 valence electrons. The minimum Gasteiger partial charge on any atom is -0.394 e. The highest BCUT2D eigenvalue weighted by Crippen LogP contribution is 2.47. The zero-order valence-corrected chi connectivity index (χ0v) is 24.7. The Morgan fingerprint density at radius 2 is 1.78 bits per heavy atom. The summed E-state index contributed by atoms with van der Waals surface area (Å²) in [5.41, 5.74) is 0.311. The Labute approximate surface area is 258 Å². The van der Waals surface area contributed by atoms with Crippen LogP contribution in [-0.2, 0) is 13.8 Å². The maximum atomic E-state index is 13.2. The van der Waals surface area contributed by atoms with E-state index >= 15 is 0 Å². The molecule has 0 radical (unpaired) electrons. The molecule has 46 heavy (non-hydrogen) atoms. The maximum Gasteiger partial charge on any atom is 0.469 e. The summed E-state index contributed by atoms with van der Waals surface area (Å²) in [4.78, 5) is 43.0. The molecule has 0 bridgehead atoms. The van der Waals surface area contributed by atoms with Crippen molar-refractivity contribution >= 4 is 57.3 Å². The van der Waals surface area contributed by atoms with E-state index in [0.29, 0.717) is 11.1 Å². The number of aliphatic hydroxyl groups excluding tert-OH is 4. The Morgan fingerprint density at radius 3 is 2.52 bits per heavy atom. The number of anilines is 1. The fraction of sp³-hybridized carbons (Fsp3) is 0.300. The molecule has 6 aromatic rings. The number of ether oxygens (including phenoxy) is 1. The third kappa shape index (κ3) is 4.52. The molecular formula is C30H28N5O10P. The third-order valence-electron chi connectivity index (χ3n) is 9.03. The largest absolute Gasteiger partial charge is 0.469 e. The molecule has 2 aromatic heterocycles. The van der Waals surface area contributed by atoms with Gasteiger partial charge in [0.1, 0.15) is 36.7 Å². The van der Waals surface area contributed by atoms with Crippen molar-refractivity contribution in [3.8, 4) is 0 Å². The van der Waals surface area contributed by atoms with Crippen LogP contribution in [-0.4, -0.2) is 80.8 Å². The Bertz CT molecular complexity index is 2240. The average Bonchev–Trinajstić information content (AvgIpc) is 3.63. The summed E-state index contributed by atoms with van der Waals surface area (Å²) in [6, 6.07) is 14.6. The van der Waals surface area contributed by atoms with Crippen molar-refractivity contribution in [2.45, 2.75) is 49.2 Å². The van der Waals surface area contributed by atoms with Crippen LogP contribution in [0.5, 0.6) is 0 Å². The van der Waals surface area contributed by atoms with E-state index in [1.165, 1.54) is 10.9 Å². The second kappa shape index (κ2) is 10.5. The van der Waals surface area contributed by atoms with Crippen molar-refractivity contribution in [2.24, 2.45) is 0 Å². The topological polar surface area (TPSA) is 233 Å². The highest BCUT2D eigenvalue weighted by molar-refractivity contribution is 7.46. The maximum absolute atomic E-state index is 13.2. The number of hydrogen-bond donors (Lipinski definition) is 8. The standard InChI is InChI=1S/C30H28N5O10P/c36-10-18-17(45-46(41,42)43)9-19(44-18)35-11-31-24-28(35)33-30(34-29(24)40)32-23-22-15-7-6-13-3-1-2-12-4-5-14(21(15)20(12)13)8-16(22)25(37)27(39)26(23)38/h1-8,11,17-19,23,25-27,36-39H,9-10H2,(H2,41,42,43)(H2,32,33,34,40)/t17?,18?,19?,23-,25+,26-,27-/m0/s1. The Morgan fingerprint density at radius 1 is 1.04 bits per heavy atom. The molecule has 7 atom stereocenters. The minimum atomic E-state index is -4.89. The van der Waals surface area contributed by atoms with Crippen molar-refractivity contribution in [1.82, 2.24) is 19.5 Å². The Hall–Kier alpha value is -4.02. The molecule has 1 aliphatic carbocycles. The molecule has 2 aliphatic rings. The molecule has 8 rings (SSSR count). The lowest BCUT2D eigenvalue weighted by molar-refractivity contribution is -0.0767. The summed E-state index contributed by atoms with van der Waals surface area (Å²) < 4.78 is 23.4. The summed E-state index contributed by atoms with van der Waals surface area (Å²) in [5.74, 6) is -0.0803. The number of imidazole rings is 1. The summed E-state index contributed by atoms with van der Waals surface area (Å²) in [7, 11) is -4.89. The fourth-order valence-corrected chi connectivity index (χ4v) is 7.59. The number of nitrogens with zero attached hydrogens (tertiary/aromatic N) is 3. The van der Waals surface area contributed by atoms with Gasteiger partial charge in [-0.05, 0) is 49.5 Å². The highest BCUT2D eigenvalue weighted by Gasteiger charge is 2.43. The number of aromatic nitrogens is 4. The van der Waals surface area contributed by atoms with E-state index in [2.05, 4.69) is 20.3 Å². The van der Waals surface area contributed by atoms with Crippen LogP contribution in [0.25, 0.3) is 43.5 Å². The van der Waals surface area contributed by atoms with Gasteiger partial charge in [0.05, 0.1) is 19.0 Å². The molecule has 1 aliphatic heterocycles. The van der Waals surface area contributed by atoms with Crippen molar-refractivity contribution in [3.05, 3.63) is 76.3 Å². The van der Waals surface area contributed by atoms with Gasteiger partial charge in [-0.3, -0.25) is 18.9 Å². The summed E-state index contributed by atoms with van der Waals surface area (Å²) in [5, 5.41) is 51.7. The molecule has 0 amide bonds. The molecule has 0 spiro atoms. The number of H-pyrrole nitrogens is 1. The fourth-order valence-electron chi connectivity index (χ4n) is 7.02. The van der Waals surface area contributed by atoms with Crippen LogP contribution in [0, 0.1) is 0 Å². The number of phosphoric acid groups is 1. The molecule has 8 N–H and O–H groups in total. The van der Waals surface area contributed by atoms with E-state index in [1.807, 2.05) is 42.5 Å². The van der Waals surface area contributed by atoms with Gasteiger partial charge in [0.2, 0.25) is 5.95 Å². The van der Waals surface area contributed by atoms with Gasteiger partial charge in [0.25, 0.3) is 5.56 Å². The van der Waals surface area contributed by atoms with Crippen LogP contribution in [0.15, 0.2) is 59.7 Å². The number of hydrogen-bond acceptors (Lipinski definition) is 11. The van der Waals surface area contributed by atoms with Crippen LogP contribution < -0.4 is 10.9 Å². The van der Waals surface area contributed by atoms with Gasteiger partial charge in [-0.2, -0.15) is 4.98 Å². The zero-order chi connectivity index (χ0) is 32.1. The van der Waals surface area contributed by atoms with Gasteiger partial charge >= 0.3 is 7.82 Å². The molecule has 4 aromatic carbocycles. The van der Waals surface area contributed by atoms with Gasteiger partial charge in [-0.25, -0.2) is 9.55 Å². The average molecular weight is 650 g/mol. The number of nitrogens with one attached hydrogen (secondary N) is 2. The van der Waals surface area contributed by atoms with Crippen LogP contribution in [0.2, 0.25) is 0 Å². The number of benzene rings is 4. The summed E-state index contributed by atoms with van der Waals surface area (Å²) in [6.07, 6.45) is -6.42. The molecule has 3 unspecified atom stereocenters. The Balaban J connectivity index is 1.23. The first-order chi connectivity index (χ1) is 22.0. The third-order valence-corrected chi connectivity index (χ3v) is 9.58. The first kappa shape index (κ1) is 29.4. The second-order valence-corrected chi connectivity index (χ2v) is 12.9. The van der Waals surface area contributed by atoms with E-state index in [0.717, 1.165) is 32.3 Å². The van der Waals surface area contributed by atoms with Crippen molar-refractivity contribution in [3.63, 3.8) is 0 Å². The van der Waals surface area contributed by atoms with Gasteiger partial charge in [-0.1, -0.05) is 42.5 Å². The lowest BCUT2D eigenvalue weighted by atomic mass is 9.77. The lowest BCUT2D eigenvalue weighted by Gasteiger charge is -2.38.